The lowest BCUT2D eigenvalue weighted by Crippen LogP contribution is -2.22. The lowest BCUT2D eigenvalue weighted by Gasteiger charge is -2.11. The minimum atomic E-state index is -0.393. The van der Waals surface area contributed by atoms with Crippen molar-refractivity contribution in [2.45, 2.75) is 24.3 Å². The van der Waals surface area contributed by atoms with E-state index in [1.807, 2.05) is 49.4 Å². The Morgan fingerprint density at radius 3 is 2.65 bits per heavy atom. The average molecular weight is 497 g/mol. The molecule has 3 rings (SSSR count). The van der Waals surface area contributed by atoms with E-state index in [-0.39, 0.29) is 5.91 Å². The highest BCUT2D eigenvalue weighted by Crippen LogP contribution is 2.31. The molecular formula is C18H15Br2N3O2S. The number of thioether (sulfide) groups is 1. The zero-order valence-corrected chi connectivity index (χ0v) is 18.0. The predicted molar refractivity (Wildman–Crippen MR) is 110 cm³/mol. The molecule has 0 bridgehead atoms. The summed E-state index contributed by atoms with van der Waals surface area (Å²) in [6, 6.07) is 13.4. The molecule has 1 amide bonds. The first-order valence-electron chi connectivity index (χ1n) is 7.76. The van der Waals surface area contributed by atoms with Gasteiger partial charge in [-0.25, -0.2) is 0 Å². The Kier molecular flexibility index (Phi) is 6.16. The van der Waals surface area contributed by atoms with E-state index in [1.54, 1.807) is 6.92 Å². The van der Waals surface area contributed by atoms with Crippen LogP contribution in [0.2, 0.25) is 0 Å². The third-order valence-electron chi connectivity index (χ3n) is 3.54. The highest BCUT2D eigenvalue weighted by Gasteiger charge is 2.20. The summed E-state index contributed by atoms with van der Waals surface area (Å²) in [6.45, 7) is 3.79. The molecule has 2 aromatic carbocycles. The topological polar surface area (TPSA) is 68.0 Å². The standard InChI is InChI=1S/C18H15Br2N3O2S/c1-10-7-8-15(14(20)9-10)21-16(24)11(2)26-18-23-22-17(25-18)12-5-3-4-6-13(12)19/h3-9,11H,1-2H3,(H,21,24). The second kappa shape index (κ2) is 8.37. The minimum Gasteiger partial charge on any atom is -0.411 e. The van der Waals surface area contributed by atoms with Crippen molar-refractivity contribution >= 4 is 55.2 Å². The van der Waals surface area contributed by atoms with Crippen LogP contribution in [0.15, 0.2) is 61.0 Å². The fraction of sp³-hybridized carbons (Fsp3) is 0.167. The van der Waals surface area contributed by atoms with E-state index in [0.717, 1.165) is 25.8 Å². The van der Waals surface area contributed by atoms with Crippen molar-refractivity contribution in [1.82, 2.24) is 10.2 Å². The number of hydrogen-bond acceptors (Lipinski definition) is 5. The molecule has 0 aliphatic heterocycles. The van der Waals surface area contributed by atoms with Gasteiger partial charge in [0.2, 0.25) is 11.8 Å². The van der Waals surface area contributed by atoms with Gasteiger partial charge >= 0.3 is 0 Å². The molecule has 0 saturated heterocycles. The number of nitrogens with one attached hydrogen (secondary N) is 1. The lowest BCUT2D eigenvalue weighted by atomic mass is 10.2. The molecule has 1 heterocycles. The van der Waals surface area contributed by atoms with Gasteiger partial charge in [-0.05, 0) is 75.5 Å². The molecule has 0 aliphatic rings. The quantitative estimate of drug-likeness (QED) is 0.459. The molecule has 8 heteroatoms. The van der Waals surface area contributed by atoms with E-state index in [4.69, 9.17) is 4.42 Å². The van der Waals surface area contributed by atoms with Gasteiger partial charge in [-0.15, -0.1) is 10.2 Å². The fourth-order valence-corrected chi connectivity index (χ4v) is 3.89. The number of benzene rings is 2. The number of aromatic nitrogens is 2. The van der Waals surface area contributed by atoms with Gasteiger partial charge in [0.25, 0.3) is 5.22 Å². The van der Waals surface area contributed by atoms with Crippen LogP contribution in [0, 0.1) is 6.92 Å². The first kappa shape index (κ1) is 19.1. The van der Waals surface area contributed by atoms with Crippen molar-refractivity contribution in [3.05, 3.63) is 57.0 Å². The van der Waals surface area contributed by atoms with Gasteiger partial charge in [-0.1, -0.05) is 30.0 Å². The normalized spacial score (nSPS) is 12.0. The molecule has 26 heavy (non-hydrogen) atoms. The monoisotopic (exact) mass is 495 g/mol. The molecule has 1 N–H and O–H groups in total. The van der Waals surface area contributed by atoms with Crippen LogP contribution in [0.4, 0.5) is 5.69 Å². The van der Waals surface area contributed by atoms with Gasteiger partial charge in [-0.2, -0.15) is 0 Å². The number of amides is 1. The van der Waals surface area contributed by atoms with Gasteiger partial charge in [0.1, 0.15) is 0 Å². The molecule has 0 fully saturated rings. The van der Waals surface area contributed by atoms with Crippen LogP contribution < -0.4 is 5.32 Å². The van der Waals surface area contributed by atoms with Gasteiger partial charge in [0, 0.05) is 8.95 Å². The molecule has 134 valence electrons. The summed E-state index contributed by atoms with van der Waals surface area (Å²) < 4.78 is 7.40. The van der Waals surface area contributed by atoms with Crippen LogP contribution in [0.3, 0.4) is 0 Å². The maximum absolute atomic E-state index is 12.4. The Labute approximate surface area is 172 Å². The molecule has 1 aromatic heterocycles. The SMILES string of the molecule is Cc1ccc(NC(=O)C(C)Sc2nnc(-c3ccccc3Br)o2)c(Br)c1. The second-order valence-corrected chi connectivity index (χ2v) is 8.59. The Morgan fingerprint density at radius 2 is 1.92 bits per heavy atom. The Morgan fingerprint density at radius 1 is 1.15 bits per heavy atom. The van der Waals surface area contributed by atoms with Crippen molar-refractivity contribution in [3.63, 3.8) is 0 Å². The predicted octanol–water partition coefficient (Wildman–Crippen LogP) is 5.69. The highest BCUT2D eigenvalue weighted by molar-refractivity contribution is 9.11. The Hall–Kier alpha value is -1.64. The summed E-state index contributed by atoms with van der Waals surface area (Å²) in [5, 5.41) is 10.9. The Bertz CT molecular complexity index is 946. The molecule has 1 unspecified atom stereocenters. The van der Waals surface area contributed by atoms with E-state index in [1.165, 1.54) is 11.8 Å². The van der Waals surface area contributed by atoms with E-state index in [9.17, 15) is 4.79 Å². The zero-order valence-electron chi connectivity index (χ0n) is 14.0. The van der Waals surface area contributed by atoms with Gasteiger partial charge in [-0.3, -0.25) is 4.79 Å². The first-order valence-corrected chi connectivity index (χ1v) is 10.2. The van der Waals surface area contributed by atoms with Crippen LogP contribution in [0.5, 0.6) is 0 Å². The highest BCUT2D eigenvalue weighted by atomic mass is 79.9. The summed E-state index contributed by atoms with van der Waals surface area (Å²) in [5.74, 6) is 0.272. The molecule has 3 aromatic rings. The summed E-state index contributed by atoms with van der Waals surface area (Å²) in [4.78, 5) is 12.4. The van der Waals surface area contributed by atoms with Crippen LogP contribution in [-0.4, -0.2) is 21.4 Å². The number of carbonyl (C=O) groups is 1. The molecule has 0 aliphatic carbocycles. The molecule has 5 nitrogen and oxygen atoms in total. The van der Waals surface area contributed by atoms with E-state index in [2.05, 4.69) is 47.4 Å². The summed E-state index contributed by atoms with van der Waals surface area (Å²) >= 11 is 8.14. The summed E-state index contributed by atoms with van der Waals surface area (Å²) in [6.07, 6.45) is 0. The second-order valence-electron chi connectivity index (χ2n) is 5.59. The number of rotatable bonds is 5. The van der Waals surface area contributed by atoms with E-state index in [0.29, 0.717) is 11.1 Å². The first-order chi connectivity index (χ1) is 12.4. The molecule has 0 radical (unpaired) electrons. The third kappa shape index (κ3) is 4.55. The molecular weight excluding hydrogens is 482 g/mol. The Balaban J connectivity index is 1.67. The molecule has 1 atom stereocenters. The van der Waals surface area contributed by atoms with Crippen molar-refractivity contribution in [2.75, 3.05) is 5.32 Å². The van der Waals surface area contributed by atoms with Gasteiger partial charge in [0.05, 0.1) is 16.5 Å². The number of halogens is 2. The van der Waals surface area contributed by atoms with E-state index < -0.39 is 5.25 Å². The average Bonchev–Trinajstić information content (AvgIpc) is 3.06. The number of nitrogens with zero attached hydrogens (tertiary/aromatic N) is 2. The van der Waals surface area contributed by atoms with Crippen LogP contribution >= 0.6 is 43.6 Å². The molecule has 0 spiro atoms. The number of carbonyl (C=O) groups excluding carboxylic acids is 1. The van der Waals surface area contributed by atoms with Gasteiger partial charge in [0.15, 0.2) is 0 Å². The maximum Gasteiger partial charge on any atom is 0.277 e. The number of aryl methyl sites for hydroxylation is 1. The van der Waals surface area contributed by atoms with Crippen molar-refractivity contribution in [2.24, 2.45) is 0 Å². The molecule has 0 saturated carbocycles. The number of anilines is 1. The largest absolute Gasteiger partial charge is 0.411 e. The summed E-state index contributed by atoms with van der Waals surface area (Å²) in [5.41, 5.74) is 2.66. The fourth-order valence-electron chi connectivity index (χ4n) is 2.16. The summed E-state index contributed by atoms with van der Waals surface area (Å²) in [7, 11) is 0. The van der Waals surface area contributed by atoms with Gasteiger partial charge < -0.3 is 9.73 Å². The van der Waals surface area contributed by atoms with Crippen molar-refractivity contribution in [3.8, 4) is 11.5 Å². The van der Waals surface area contributed by atoms with Crippen LogP contribution in [0.1, 0.15) is 12.5 Å². The van der Waals surface area contributed by atoms with Crippen molar-refractivity contribution in [1.29, 1.82) is 0 Å². The maximum atomic E-state index is 12.4. The van der Waals surface area contributed by atoms with Crippen LogP contribution in [-0.2, 0) is 4.79 Å². The number of hydrogen-bond donors (Lipinski definition) is 1. The lowest BCUT2D eigenvalue weighted by molar-refractivity contribution is -0.115. The van der Waals surface area contributed by atoms with E-state index >= 15 is 0 Å². The van der Waals surface area contributed by atoms with Crippen LogP contribution in [0.25, 0.3) is 11.5 Å². The minimum absolute atomic E-state index is 0.139. The van der Waals surface area contributed by atoms with Crippen molar-refractivity contribution < 1.29 is 9.21 Å². The third-order valence-corrected chi connectivity index (χ3v) is 5.82. The smallest absolute Gasteiger partial charge is 0.277 e. The zero-order chi connectivity index (χ0) is 18.7.